The molecule has 1 aromatic heterocycles. The number of rotatable bonds is 4. The van der Waals surface area contributed by atoms with Crippen LogP contribution in [0, 0.1) is 10.1 Å². The lowest BCUT2D eigenvalue weighted by molar-refractivity contribution is -0.384. The number of alkyl halides is 2. The van der Waals surface area contributed by atoms with Gasteiger partial charge in [0.2, 0.25) is 0 Å². The molecule has 0 amide bonds. The summed E-state index contributed by atoms with van der Waals surface area (Å²) in [7, 11) is 0. The van der Waals surface area contributed by atoms with Gasteiger partial charge in [0.25, 0.3) is 6.43 Å². The van der Waals surface area contributed by atoms with Gasteiger partial charge in [-0.2, -0.15) is 0 Å². The van der Waals surface area contributed by atoms with Crippen LogP contribution in [0.1, 0.15) is 29.4 Å². The molecule has 2 N–H and O–H groups in total. The summed E-state index contributed by atoms with van der Waals surface area (Å²) in [6, 6.07) is 0. The van der Waals surface area contributed by atoms with E-state index in [1.54, 1.807) is 0 Å². The number of nitro groups is 1. The van der Waals surface area contributed by atoms with Crippen molar-refractivity contribution < 1.29 is 23.2 Å². The zero-order valence-corrected chi connectivity index (χ0v) is 9.22. The number of nitrogen functional groups attached to an aromatic ring is 1. The molecule has 0 radical (unpaired) electrons. The Balaban J connectivity index is 3.41. The molecule has 18 heavy (non-hydrogen) atoms. The Morgan fingerprint density at radius 2 is 2.28 bits per heavy atom. The quantitative estimate of drug-likeness (QED) is 0.501. The standard InChI is InChI=1S/C9H9F2N3O4/c1-2-18-9(15)4-3-13-6(8(10)11)5(12)7(4)14(16)17/h3,8H,2,12H2,1H3. The van der Waals surface area contributed by atoms with E-state index in [1.807, 2.05) is 0 Å². The molecule has 0 aliphatic rings. The van der Waals surface area contributed by atoms with Gasteiger partial charge in [0.1, 0.15) is 11.4 Å². The second-order valence-corrected chi connectivity index (χ2v) is 3.10. The monoisotopic (exact) mass is 261 g/mol. The topological polar surface area (TPSA) is 108 Å². The first kappa shape index (κ1) is 13.7. The number of hydrogen-bond donors (Lipinski definition) is 1. The third-order valence-electron chi connectivity index (χ3n) is 2.00. The van der Waals surface area contributed by atoms with E-state index in [0.29, 0.717) is 6.20 Å². The van der Waals surface area contributed by atoms with E-state index in [-0.39, 0.29) is 6.61 Å². The SMILES string of the molecule is CCOC(=O)c1cnc(C(F)F)c(N)c1[N+](=O)[O-]. The molecule has 9 heteroatoms. The summed E-state index contributed by atoms with van der Waals surface area (Å²) in [5.41, 5.74) is 1.99. The molecule has 7 nitrogen and oxygen atoms in total. The molecule has 1 rings (SSSR count). The molecule has 0 unspecified atom stereocenters. The number of anilines is 1. The average Bonchev–Trinajstić information content (AvgIpc) is 2.27. The molecule has 0 fully saturated rings. The fourth-order valence-electron chi connectivity index (χ4n) is 1.26. The summed E-state index contributed by atoms with van der Waals surface area (Å²) in [6.07, 6.45) is -2.41. The Labute approximate surface area is 99.7 Å². The van der Waals surface area contributed by atoms with Crippen molar-refractivity contribution in [1.29, 1.82) is 0 Å². The minimum atomic E-state index is -3.07. The number of carbonyl (C=O) groups is 1. The fourth-order valence-corrected chi connectivity index (χ4v) is 1.26. The number of ether oxygens (including phenoxy) is 1. The van der Waals surface area contributed by atoms with Crippen LogP contribution in [0.4, 0.5) is 20.2 Å². The number of esters is 1. The van der Waals surface area contributed by atoms with Crippen LogP contribution in [0.5, 0.6) is 0 Å². The van der Waals surface area contributed by atoms with Crippen LogP contribution in [0.25, 0.3) is 0 Å². The molecule has 0 bridgehead atoms. The number of nitrogens with zero attached hydrogens (tertiary/aromatic N) is 2. The zero-order chi connectivity index (χ0) is 13.9. The normalized spacial score (nSPS) is 10.4. The molecule has 0 aliphatic heterocycles. The van der Waals surface area contributed by atoms with Gasteiger partial charge >= 0.3 is 11.7 Å². The fraction of sp³-hybridized carbons (Fsp3) is 0.333. The maximum absolute atomic E-state index is 12.5. The van der Waals surface area contributed by atoms with Gasteiger partial charge in [0.05, 0.1) is 11.5 Å². The Morgan fingerprint density at radius 3 is 2.72 bits per heavy atom. The highest BCUT2D eigenvalue weighted by Crippen LogP contribution is 2.33. The van der Waals surface area contributed by atoms with Crippen molar-refractivity contribution in [3.63, 3.8) is 0 Å². The van der Waals surface area contributed by atoms with Gasteiger partial charge in [0.15, 0.2) is 5.56 Å². The number of halogens is 2. The van der Waals surface area contributed by atoms with Crippen LogP contribution in [-0.4, -0.2) is 22.5 Å². The van der Waals surface area contributed by atoms with E-state index < -0.39 is 40.0 Å². The Kier molecular flexibility index (Phi) is 4.08. The Bertz CT molecular complexity index is 493. The van der Waals surface area contributed by atoms with Crippen LogP contribution in [0.2, 0.25) is 0 Å². The van der Waals surface area contributed by atoms with Gasteiger partial charge in [-0.1, -0.05) is 0 Å². The van der Waals surface area contributed by atoms with Crippen molar-refractivity contribution in [3.8, 4) is 0 Å². The van der Waals surface area contributed by atoms with Crippen LogP contribution >= 0.6 is 0 Å². The van der Waals surface area contributed by atoms with E-state index in [9.17, 15) is 23.7 Å². The third-order valence-corrected chi connectivity index (χ3v) is 2.00. The van der Waals surface area contributed by atoms with Gasteiger partial charge in [-0.25, -0.2) is 13.6 Å². The Morgan fingerprint density at radius 1 is 1.67 bits per heavy atom. The van der Waals surface area contributed by atoms with E-state index in [0.717, 1.165) is 0 Å². The van der Waals surface area contributed by atoms with E-state index in [2.05, 4.69) is 9.72 Å². The first-order chi connectivity index (χ1) is 8.40. The summed E-state index contributed by atoms with van der Waals surface area (Å²) in [6.45, 7) is 1.47. The van der Waals surface area contributed by atoms with Crippen LogP contribution in [0.3, 0.4) is 0 Å². The van der Waals surface area contributed by atoms with Gasteiger partial charge in [-0.3, -0.25) is 15.1 Å². The van der Waals surface area contributed by atoms with Crippen molar-refractivity contribution in [1.82, 2.24) is 4.98 Å². The molecule has 0 saturated carbocycles. The number of pyridine rings is 1. The summed E-state index contributed by atoms with van der Waals surface area (Å²) < 4.78 is 29.5. The second-order valence-electron chi connectivity index (χ2n) is 3.10. The van der Waals surface area contributed by atoms with Crippen LogP contribution in [0.15, 0.2) is 6.20 Å². The van der Waals surface area contributed by atoms with Crippen molar-refractivity contribution in [2.75, 3.05) is 12.3 Å². The lowest BCUT2D eigenvalue weighted by Gasteiger charge is -2.07. The van der Waals surface area contributed by atoms with Crippen molar-refractivity contribution in [2.45, 2.75) is 13.3 Å². The van der Waals surface area contributed by atoms with Crippen LogP contribution < -0.4 is 5.73 Å². The lowest BCUT2D eigenvalue weighted by Crippen LogP contribution is -2.12. The molecule has 1 aromatic rings. The van der Waals surface area contributed by atoms with E-state index in [4.69, 9.17) is 5.73 Å². The third kappa shape index (κ3) is 2.50. The van der Waals surface area contributed by atoms with Gasteiger partial charge in [0, 0.05) is 6.20 Å². The van der Waals surface area contributed by atoms with E-state index in [1.165, 1.54) is 6.92 Å². The van der Waals surface area contributed by atoms with Crippen molar-refractivity contribution >= 4 is 17.3 Å². The lowest BCUT2D eigenvalue weighted by atomic mass is 10.1. The van der Waals surface area contributed by atoms with Gasteiger partial charge in [-0.05, 0) is 6.92 Å². The minimum absolute atomic E-state index is 0.0213. The van der Waals surface area contributed by atoms with Crippen LogP contribution in [-0.2, 0) is 4.74 Å². The molecule has 98 valence electrons. The molecule has 0 spiro atoms. The number of aromatic nitrogens is 1. The van der Waals surface area contributed by atoms with E-state index >= 15 is 0 Å². The van der Waals surface area contributed by atoms with Gasteiger partial charge in [-0.15, -0.1) is 0 Å². The molecular weight excluding hydrogens is 252 g/mol. The summed E-state index contributed by atoms with van der Waals surface area (Å²) in [5.74, 6) is -1.04. The maximum Gasteiger partial charge on any atom is 0.346 e. The molecular formula is C9H9F2N3O4. The summed E-state index contributed by atoms with van der Waals surface area (Å²) in [4.78, 5) is 24.4. The zero-order valence-electron chi connectivity index (χ0n) is 9.22. The molecule has 0 aliphatic carbocycles. The highest BCUT2D eigenvalue weighted by atomic mass is 19.3. The first-order valence-electron chi connectivity index (χ1n) is 4.78. The maximum atomic E-state index is 12.5. The Hall–Kier alpha value is -2.32. The summed E-state index contributed by atoms with van der Waals surface area (Å²) >= 11 is 0. The smallest absolute Gasteiger partial charge is 0.346 e. The second kappa shape index (κ2) is 5.34. The summed E-state index contributed by atoms with van der Waals surface area (Å²) in [5, 5.41) is 10.8. The molecule has 0 saturated heterocycles. The molecule has 1 heterocycles. The van der Waals surface area contributed by atoms with Crippen molar-refractivity contribution in [3.05, 3.63) is 27.6 Å². The molecule has 0 atom stereocenters. The highest BCUT2D eigenvalue weighted by molar-refractivity contribution is 5.96. The predicted molar refractivity (Wildman–Crippen MR) is 56.2 cm³/mol. The van der Waals surface area contributed by atoms with Gasteiger partial charge < -0.3 is 10.5 Å². The average molecular weight is 261 g/mol. The number of hydrogen-bond acceptors (Lipinski definition) is 6. The largest absolute Gasteiger partial charge is 0.462 e. The number of carbonyl (C=O) groups excluding carboxylic acids is 1. The first-order valence-corrected chi connectivity index (χ1v) is 4.78. The number of nitrogens with two attached hydrogens (primary N) is 1. The highest BCUT2D eigenvalue weighted by Gasteiger charge is 2.30. The molecule has 0 aromatic carbocycles. The minimum Gasteiger partial charge on any atom is -0.462 e. The van der Waals surface area contributed by atoms with Crippen molar-refractivity contribution in [2.24, 2.45) is 0 Å². The predicted octanol–water partition coefficient (Wildman–Crippen LogP) is 1.69.